The third kappa shape index (κ3) is 4.11. The maximum absolute atomic E-state index is 13.0. The molecule has 1 saturated heterocycles. The van der Waals surface area contributed by atoms with E-state index in [-0.39, 0.29) is 9.64 Å². The van der Waals surface area contributed by atoms with Crippen LogP contribution >= 0.6 is 11.8 Å². The molecule has 28 heavy (non-hydrogen) atoms. The van der Waals surface area contributed by atoms with Crippen LogP contribution in [0.25, 0.3) is 0 Å². The largest absolute Gasteiger partial charge is 0.349 e. The van der Waals surface area contributed by atoms with Crippen molar-refractivity contribution in [2.45, 2.75) is 30.0 Å². The molecule has 9 heteroatoms. The highest BCUT2D eigenvalue weighted by Gasteiger charge is 2.34. The van der Waals surface area contributed by atoms with Crippen LogP contribution in [0.4, 0.5) is 0 Å². The molecule has 0 N–H and O–H groups in total. The average molecular weight is 420 g/mol. The summed E-state index contributed by atoms with van der Waals surface area (Å²) >= 11 is 1.78. The lowest BCUT2D eigenvalue weighted by Crippen LogP contribution is -2.49. The molecule has 150 valence electrons. The predicted molar refractivity (Wildman–Crippen MR) is 112 cm³/mol. The number of sulfonamides is 1. The fourth-order valence-corrected chi connectivity index (χ4v) is 5.78. The summed E-state index contributed by atoms with van der Waals surface area (Å²) in [5.41, 5.74) is 1.08. The summed E-state index contributed by atoms with van der Waals surface area (Å²) in [6.07, 6.45) is 3.07. The fraction of sp³-hybridized carbons (Fsp3) is 0.474. The summed E-state index contributed by atoms with van der Waals surface area (Å²) in [6.45, 7) is 7.99. The van der Waals surface area contributed by atoms with Crippen molar-refractivity contribution in [3.63, 3.8) is 0 Å². The van der Waals surface area contributed by atoms with E-state index in [1.807, 2.05) is 30.3 Å². The Bertz CT molecular complexity index is 961. The van der Waals surface area contributed by atoms with Crippen molar-refractivity contribution in [3.8, 4) is 0 Å². The van der Waals surface area contributed by atoms with Gasteiger partial charge in [-0.15, -0.1) is 0 Å². The molecular formula is C19H25N5O2S2. The van der Waals surface area contributed by atoms with E-state index in [9.17, 15) is 8.42 Å². The summed E-state index contributed by atoms with van der Waals surface area (Å²) in [5.74, 6) is 0. The summed E-state index contributed by atoms with van der Waals surface area (Å²) in [5, 5.41) is 5.28. The van der Waals surface area contributed by atoms with Crippen molar-refractivity contribution in [2.75, 3.05) is 32.7 Å². The van der Waals surface area contributed by atoms with Crippen molar-refractivity contribution >= 4 is 27.0 Å². The summed E-state index contributed by atoms with van der Waals surface area (Å²) in [4.78, 5) is 7.08. The first-order valence-electron chi connectivity index (χ1n) is 9.38. The molecule has 2 aliphatic rings. The van der Waals surface area contributed by atoms with E-state index in [1.165, 1.54) is 6.20 Å². The second kappa shape index (κ2) is 7.53. The highest BCUT2D eigenvalue weighted by molar-refractivity contribution is 8.15. The van der Waals surface area contributed by atoms with Gasteiger partial charge in [-0.05, 0) is 19.4 Å². The first-order valence-corrected chi connectivity index (χ1v) is 11.6. The van der Waals surface area contributed by atoms with Crippen LogP contribution in [-0.2, 0) is 16.6 Å². The molecule has 1 fully saturated rings. The van der Waals surface area contributed by atoms with Gasteiger partial charge in [0.2, 0.25) is 10.0 Å². The second-order valence-corrected chi connectivity index (χ2v) is 11.3. The Morgan fingerprint density at radius 2 is 1.82 bits per heavy atom. The molecule has 2 aliphatic heterocycles. The molecule has 0 aliphatic carbocycles. The fourth-order valence-electron chi connectivity index (χ4n) is 3.34. The third-order valence-corrected chi connectivity index (χ3v) is 8.01. The zero-order valence-corrected chi connectivity index (χ0v) is 17.8. The molecule has 3 heterocycles. The van der Waals surface area contributed by atoms with Gasteiger partial charge in [0, 0.05) is 37.1 Å². The van der Waals surface area contributed by atoms with Crippen LogP contribution in [0.5, 0.6) is 0 Å². The van der Waals surface area contributed by atoms with Crippen LogP contribution in [-0.4, -0.2) is 70.0 Å². The van der Waals surface area contributed by atoms with Crippen LogP contribution in [0.15, 0.2) is 52.6 Å². The normalized spacial score (nSPS) is 20.4. The van der Waals surface area contributed by atoms with Gasteiger partial charge in [-0.25, -0.2) is 8.42 Å². The van der Waals surface area contributed by atoms with Gasteiger partial charge in [0.05, 0.1) is 19.3 Å². The molecule has 2 aromatic rings. The van der Waals surface area contributed by atoms with Crippen LogP contribution in [0.2, 0.25) is 0 Å². The van der Waals surface area contributed by atoms with Crippen molar-refractivity contribution in [1.29, 1.82) is 0 Å². The standard InChI is InChI=1S/C19H25N5O2S2/c1-19(2)15-20-18(27-19)22-8-10-24(11-9-22)28(25,26)17-12-21-23(14-17)13-16-6-4-3-5-7-16/h3-7,12,14H,8-11,13,15H2,1-2H3. The predicted octanol–water partition coefficient (Wildman–Crippen LogP) is 2.12. The minimum atomic E-state index is -3.53. The van der Waals surface area contributed by atoms with E-state index in [2.05, 4.69) is 28.8 Å². The lowest BCUT2D eigenvalue weighted by atomic mass is 10.2. The van der Waals surface area contributed by atoms with E-state index in [1.54, 1.807) is 26.9 Å². The van der Waals surface area contributed by atoms with Crippen molar-refractivity contribution in [2.24, 2.45) is 4.99 Å². The molecule has 1 aromatic heterocycles. The number of piperazine rings is 1. The zero-order chi connectivity index (χ0) is 19.8. The van der Waals surface area contributed by atoms with E-state index in [4.69, 9.17) is 0 Å². The molecule has 0 unspecified atom stereocenters. The smallest absolute Gasteiger partial charge is 0.246 e. The Hall–Kier alpha value is -1.84. The van der Waals surface area contributed by atoms with Crippen molar-refractivity contribution in [3.05, 3.63) is 48.3 Å². The second-order valence-electron chi connectivity index (χ2n) is 7.71. The SMILES string of the molecule is CC1(C)CN=C(N2CCN(S(=O)(=O)c3cnn(Cc4ccccc4)c3)CC2)S1. The molecule has 7 nitrogen and oxygen atoms in total. The van der Waals surface area contributed by atoms with Crippen LogP contribution in [0, 0.1) is 0 Å². The highest BCUT2D eigenvalue weighted by Crippen LogP contribution is 2.33. The number of hydrogen-bond acceptors (Lipinski definition) is 6. The number of thioether (sulfide) groups is 1. The van der Waals surface area contributed by atoms with Gasteiger partial charge >= 0.3 is 0 Å². The molecule has 1 aromatic carbocycles. The molecule has 0 amide bonds. The quantitative estimate of drug-likeness (QED) is 0.759. The lowest BCUT2D eigenvalue weighted by Gasteiger charge is -2.35. The van der Waals surface area contributed by atoms with Gasteiger partial charge in [0.1, 0.15) is 4.90 Å². The van der Waals surface area contributed by atoms with Crippen LogP contribution in [0.3, 0.4) is 0 Å². The Balaban J connectivity index is 1.40. The maximum atomic E-state index is 13.0. The first-order chi connectivity index (χ1) is 13.3. The average Bonchev–Trinajstić information content (AvgIpc) is 3.29. The number of benzene rings is 1. The van der Waals surface area contributed by atoms with E-state index < -0.39 is 10.0 Å². The minimum Gasteiger partial charge on any atom is -0.349 e. The molecule has 0 bridgehead atoms. The molecular weight excluding hydrogens is 394 g/mol. The molecule has 0 radical (unpaired) electrons. The number of aromatic nitrogens is 2. The summed E-state index contributed by atoms with van der Waals surface area (Å²) in [7, 11) is -3.53. The number of amidine groups is 1. The van der Waals surface area contributed by atoms with Crippen LogP contribution in [0.1, 0.15) is 19.4 Å². The number of aliphatic imine (C=N–C) groups is 1. The van der Waals surface area contributed by atoms with E-state index >= 15 is 0 Å². The number of hydrogen-bond donors (Lipinski definition) is 0. The topological polar surface area (TPSA) is 70.8 Å². The van der Waals surface area contributed by atoms with Crippen LogP contribution < -0.4 is 0 Å². The van der Waals surface area contributed by atoms with Gasteiger partial charge in [0.15, 0.2) is 5.17 Å². The van der Waals surface area contributed by atoms with Crippen molar-refractivity contribution in [1.82, 2.24) is 19.0 Å². The Labute approximate surface area is 170 Å². The Kier molecular flexibility index (Phi) is 5.24. The molecule has 0 spiro atoms. The summed E-state index contributed by atoms with van der Waals surface area (Å²) in [6, 6.07) is 9.88. The molecule has 0 atom stereocenters. The highest BCUT2D eigenvalue weighted by atomic mass is 32.2. The third-order valence-electron chi connectivity index (χ3n) is 4.91. The summed E-state index contributed by atoms with van der Waals surface area (Å²) < 4.78 is 29.4. The van der Waals surface area contributed by atoms with Gasteiger partial charge in [-0.2, -0.15) is 9.40 Å². The molecule has 0 saturated carbocycles. The lowest BCUT2D eigenvalue weighted by molar-refractivity contribution is 0.269. The van der Waals surface area contributed by atoms with E-state index in [0.717, 1.165) is 17.3 Å². The monoisotopic (exact) mass is 419 g/mol. The van der Waals surface area contributed by atoms with Gasteiger partial charge in [-0.1, -0.05) is 42.1 Å². The Morgan fingerprint density at radius 3 is 2.46 bits per heavy atom. The number of rotatable bonds is 4. The Morgan fingerprint density at radius 1 is 1.11 bits per heavy atom. The maximum Gasteiger partial charge on any atom is 0.246 e. The minimum absolute atomic E-state index is 0.131. The number of nitrogens with zero attached hydrogens (tertiary/aromatic N) is 5. The zero-order valence-electron chi connectivity index (χ0n) is 16.2. The van der Waals surface area contributed by atoms with Gasteiger partial charge < -0.3 is 4.90 Å². The van der Waals surface area contributed by atoms with E-state index in [0.29, 0.717) is 32.7 Å². The first kappa shape index (κ1) is 19.5. The molecule has 4 rings (SSSR count). The van der Waals surface area contributed by atoms with Crippen molar-refractivity contribution < 1.29 is 8.42 Å². The van der Waals surface area contributed by atoms with Gasteiger partial charge in [-0.3, -0.25) is 9.67 Å². The van der Waals surface area contributed by atoms with Gasteiger partial charge in [0.25, 0.3) is 0 Å².